The number of methoxy groups -OCH3 is 1. The van der Waals surface area contributed by atoms with Crippen LogP contribution in [0.15, 0.2) is 34.9 Å². The number of ether oxygens (including phenoxy) is 1. The van der Waals surface area contributed by atoms with Crippen molar-refractivity contribution in [1.82, 2.24) is 10.1 Å². The largest absolute Gasteiger partial charge is 0.385 e. The van der Waals surface area contributed by atoms with Crippen LogP contribution in [0.1, 0.15) is 42.6 Å². The van der Waals surface area contributed by atoms with Crippen LogP contribution in [0, 0.1) is 0 Å². The average molecular weight is 273 g/mol. The van der Waals surface area contributed by atoms with Crippen LogP contribution in [0.4, 0.5) is 0 Å². The Hall–Kier alpha value is -1.72. The molecule has 0 saturated heterocycles. The Labute approximate surface area is 118 Å². The molecule has 1 aromatic carbocycles. The molecule has 5 heteroatoms. The van der Waals surface area contributed by atoms with E-state index in [0.29, 0.717) is 18.9 Å². The van der Waals surface area contributed by atoms with E-state index in [-0.39, 0.29) is 11.5 Å². The van der Waals surface area contributed by atoms with E-state index in [0.717, 1.165) is 18.7 Å². The van der Waals surface area contributed by atoms with E-state index < -0.39 is 0 Å². The maximum atomic E-state index is 6.02. The zero-order valence-corrected chi connectivity index (χ0v) is 11.6. The van der Waals surface area contributed by atoms with Gasteiger partial charge < -0.3 is 15.0 Å². The number of hydrogen-bond acceptors (Lipinski definition) is 5. The van der Waals surface area contributed by atoms with Gasteiger partial charge in [-0.1, -0.05) is 35.5 Å². The van der Waals surface area contributed by atoms with Crippen LogP contribution in [0.25, 0.3) is 0 Å². The van der Waals surface area contributed by atoms with Gasteiger partial charge in [0.05, 0.1) is 11.5 Å². The summed E-state index contributed by atoms with van der Waals surface area (Å²) >= 11 is 0. The molecule has 0 amide bonds. The van der Waals surface area contributed by atoms with Crippen LogP contribution in [0.3, 0.4) is 0 Å². The van der Waals surface area contributed by atoms with Gasteiger partial charge in [0.2, 0.25) is 5.89 Å². The maximum absolute atomic E-state index is 6.02. The van der Waals surface area contributed by atoms with Crippen LogP contribution < -0.4 is 5.73 Å². The van der Waals surface area contributed by atoms with Crippen molar-refractivity contribution >= 4 is 0 Å². The number of aromatic nitrogens is 2. The molecule has 0 spiro atoms. The predicted octanol–water partition coefficient (Wildman–Crippen LogP) is 2.19. The van der Waals surface area contributed by atoms with Gasteiger partial charge in [-0.3, -0.25) is 0 Å². The molecular formula is C15H19N3O2. The van der Waals surface area contributed by atoms with Crippen molar-refractivity contribution in [1.29, 1.82) is 0 Å². The minimum Gasteiger partial charge on any atom is -0.385 e. The lowest BCUT2D eigenvalue weighted by Crippen LogP contribution is -2.14. The highest BCUT2D eigenvalue weighted by Gasteiger charge is 2.50. The molecule has 1 aromatic heterocycles. The molecule has 1 aliphatic rings. The Bertz CT molecular complexity index is 564. The fourth-order valence-electron chi connectivity index (χ4n) is 2.47. The standard InChI is InChI=1S/C15H19N3O2/c1-19-10-7-12(16)13-17-14(18-20-13)15(8-9-15)11-5-3-2-4-6-11/h2-6,12H,7-10,16H2,1H3. The monoisotopic (exact) mass is 273 g/mol. The van der Waals surface area contributed by atoms with Crippen LogP contribution >= 0.6 is 0 Å². The first kappa shape index (κ1) is 13.3. The Balaban J connectivity index is 1.80. The second-order valence-corrected chi connectivity index (χ2v) is 5.29. The maximum Gasteiger partial charge on any atom is 0.243 e. The van der Waals surface area contributed by atoms with Gasteiger partial charge in [0, 0.05) is 13.7 Å². The SMILES string of the molecule is COCCC(N)c1nc(C2(c3ccccc3)CC2)no1. The smallest absolute Gasteiger partial charge is 0.243 e. The van der Waals surface area contributed by atoms with Crippen LogP contribution in [-0.4, -0.2) is 23.9 Å². The molecular weight excluding hydrogens is 254 g/mol. The van der Waals surface area contributed by atoms with Gasteiger partial charge in [0.1, 0.15) is 0 Å². The second-order valence-electron chi connectivity index (χ2n) is 5.29. The summed E-state index contributed by atoms with van der Waals surface area (Å²) in [5.74, 6) is 1.26. The van der Waals surface area contributed by atoms with Gasteiger partial charge >= 0.3 is 0 Å². The van der Waals surface area contributed by atoms with E-state index in [4.69, 9.17) is 15.0 Å². The highest BCUT2D eigenvalue weighted by Crippen LogP contribution is 2.52. The molecule has 0 aliphatic heterocycles. The molecule has 1 atom stereocenters. The van der Waals surface area contributed by atoms with Gasteiger partial charge in [0.15, 0.2) is 5.82 Å². The third-order valence-electron chi connectivity index (χ3n) is 3.90. The lowest BCUT2D eigenvalue weighted by Gasteiger charge is -2.10. The molecule has 2 aromatic rings. The number of hydrogen-bond donors (Lipinski definition) is 1. The zero-order chi connectivity index (χ0) is 14.0. The molecule has 1 saturated carbocycles. The number of nitrogens with two attached hydrogens (primary N) is 1. The van der Waals surface area contributed by atoms with Gasteiger partial charge in [-0.15, -0.1) is 0 Å². The van der Waals surface area contributed by atoms with Gasteiger partial charge in [-0.05, 0) is 24.8 Å². The Kier molecular flexibility index (Phi) is 3.54. The molecule has 0 radical (unpaired) electrons. The van der Waals surface area contributed by atoms with E-state index >= 15 is 0 Å². The highest BCUT2D eigenvalue weighted by molar-refractivity contribution is 5.38. The van der Waals surface area contributed by atoms with Crippen molar-refractivity contribution in [2.24, 2.45) is 5.73 Å². The molecule has 1 fully saturated rings. The minimum absolute atomic E-state index is 0.0655. The van der Waals surface area contributed by atoms with E-state index in [1.807, 2.05) is 18.2 Å². The van der Waals surface area contributed by atoms with Crippen molar-refractivity contribution < 1.29 is 9.26 Å². The van der Waals surface area contributed by atoms with E-state index in [9.17, 15) is 0 Å². The average Bonchev–Trinajstić information content (AvgIpc) is 3.16. The first-order valence-corrected chi connectivity index (χ1v) is 6.90. The fourth-order valence-corrected chi connectivity index (χ4v) is 2.47. The minimum atomic E-state index is -0.261. The van der Waals surface area contributed by atoms with Gasteiger partial charge in [0.25, 0.3) is 0 Å². The molecule has 2 N–H and O–H groups in total. The molecule has 20 heavy (non-hydrogen) atoms. The zero-order valence-electron chi connectivity index (χ0n) is 11.6. The summed E-state index contributed by atoms with van der Waals surface area (Å²) in [6.07, 6.45) is 2.79. The predicted molar refractivity (Wildman–Crippen MR) is 74.2 cm³/mol. The van der Waals surface area contributed by atoms with Crippen molar-refractivity contribution in [2.75, 3.05) is 13.7 Å². The highest BCUT2D eigenvalue weighted by atomic mass is 16.5. The van der Waals surface area contributed by atoms with E-state index in [1.165, 1.54) is 5.56 Å². The summed E-state index contributed by atoms with van der Waals surface area (Å²) in [7, 11) is 1.65. The summed E-state index contributed by atoms with van der Waals surface area (Å²) in [5, 5.41) is 4.15. The molecule has 5 nitrogen and oxygen atoms in total. The lowest BCUT2D eigenvalue weighted by molar-refractivity contribution is 0.182. The Morgan fingerprint density at radius 2 is 2.10 bits per heavy atom. The molecule has 3 rings (SSSR count). The number of rotatable bonds is 6. The topological polar surface area (TPSA) is 74.2 Å². The van der Waals surface area contributed by atoms with E-state index in [2.05, 4.69) is 22.3 Å². The molecule has 106 valence electrons. The summed E-state index contributed by atoms with van der Waals surface area (Å²) in [4.78, 5) is 4.52. The Morgan fingerprint density at radius 3 is 2.75 bits per heavy atom. The van der Waals surface area contributed by atoms with Crippen LogP contribution in [0.5, 0.6) is 0 Å². The quantitative estimate of drug-likeness (QED) is 0.873. The van der Waals surface area contributed by atoms with E-state index in [1.54, 1.807) is 7.11 Å². The van der Waals surface area contributed by atoms with Gasteiger partial charge in [-0.25, -0.2) is 0 Å². The lowest BCUT2D eigenvalue weighted by atomic mass is 9.95. The number of nitrogens with zero attached hydrogens (tertiary/aromatic N) is 2. The van der Waals surface area contributed by atoms with Crippen LogP contribution in [-0.2, 0) is 10.2 Å². The molecule has 1 heterocycles. The first-order valence-electron chi connectivity index (χ1n) is 6.90. The van der Waals surface area contributed by atoms with Crippen LogP contribution in [0.2, 0.25) is 0 Å². The normalized spacial score (nSPS) is 17.9. The summed E-state index contributed by atoms with van der Waals surface area (Å²) in [5.41, 5.74) is 7.20. The van der Waals surface area contributed by atoms with Crippen molar-refractivity contribution in [3.8, 4) is 0 Å². The fraction of sp³-hybridized carbons (Fsp3) is 0.467. The summed E-state index contributed by atoms with van der Waals surface area (Å²) in [6.45, 7) is 0.586. The number of benzene rings is 1. The third-order valence-corrected chi connectivity index (χ3v) is 3.90. The summed E-state index contributed by atoms with van der Waals surface area (Å²) in [6, 6.07) is 10.1. The van der Waals surface area contributed by atoms with Crippen molar-refractivity contribution in [3.05, 3.63) is 47.6 Å². The van der Waals surface area contributed by atoms with Gasteiger partial charge in [-0.2, -0.15) is 4.98 Å². The molecule has 1 unspecified atom stereocenters. The van der Waals surface area contributed by atoms with Crippen molar-refractivity contribution in [3.63, 3.8) is 0 Å². The second kappa shape index (κ2) is 5.34. The third kappa shape index (κ3) is 2.34. The first-order chi connectivity index (χ1) is 9.76. The molecule has 1 aliphatic carbocycles. The summed E-state index contributed by atoms with van der Waals surface area (Å²) < 4.78 is 10.3. The van der Waals surface area contributed by atoms with Crippen molar-refractivity contribution in [2.45, 2.75) is 30.7 Å². The molecule has 0 bridgehead atoms. The Morgan fingerprint density at radius 1 is 1.35 bits per heavy atom.